The molecule has 0 aliphatic heterocycles. The number of carboxylic acids is 1. The first kappa shape index (κ1) is 8.80. The number of aromatic carboxylic acids is 1. The first-order valence-electron chi connectivity index (χ1n) is 3.18. The molecule has 1 rings (SSSR count). The summed E-state index contributed by atoms with van der Waals surface area (Å²) in [6, 6.07) is 1.30. The average molecular weight is 187 g/mol. The van der Waals surface area contributed by atoms with Gasteiger partial charge in [0, 0.05) is 0 Å². The minimum atomic E-state index is -1.05. The molecule has 0 spiro atoms. The van der Waals surface area contributed by atoms with Crippen molar-refractivity contribution in [3.8, 4) is 0 Å². The molecule has 1 aromatic rings. The molecule has 0 saturated carbocycles. The zero-order valence-corrected chi connectivity index (χ0v) is 7.09. The van der Waals surface area contributed by atoms with Crippen LogP contribution in [0.5, 0.6) is 0 Å². The molecule has 0 saturated heterocycles. The Bertz CT molecular complexity index is 338. The Morgan fingerprint density at radius 3 is 2.83 bits per heavy atom. The van der Waals surface area contributed by atoms with Crippen molar-refractivity contribution in [1.82, 2.24) is 4.98 Å². The van der Waals surface area contributed by atoms with Crippen molar-refractivity contribution in [2.45, 2.75) is 6.92 Å². The lowest BCUT2D eigenvalue weighted by molar-refractivity contribution is 0.0695. The molecule has 0 radical (unpaired) electrons. The van der Waals surface area contributed by atoms with Gasteiger partial charge in [-0.25, -0.2) is 9.78 Å². The van der Waals surface area contributed by atoms with Crippen molar-refractivity contribution in [1.29, 1.82) is 0 Å². The maximum Gasteiger partial charge on any atom is 0.337 e. The highest BCUT2D eigenvalue weighted by Crippen LogP contribution is 2.18. The fourth-order valence-electron chi connectivity index (χ4n) is 0.808. The predicted octanol–water partition coefficient (Wildman–Crippen LogP) is 1.32. The molecular weight excluding hydrogens is 180 g/mol. The monoisotopic (exact) mass is 186 g/mol. The molecule has 1 heterocycles. The molecule has 64 valence electrons. The van der Waals surface area contributed by atoms with Crippen LogP contribution in [0.2, 0.25) is 5.15 Å². The second-order valence-corrected chi connectivity index (χ2v) is 2.66. The third-order valence-corrected chi connectivity index (χ3v) is 1.73. The summed E-state index contributed by atoms with van der Waals surface area (Å²) >= 11 is 5.56. The van der Waals surface area contributed by atoms with E-state index >= 15 is 0 Å². The number of rotatable bonds is 1. The number of carboxylic acid groups (broad SMARTS) is 1. The lowest BCUT2D eigenvalue weighted by Crippen LogP contribution is -2.04. The minimum absolute atomic E-state index is 0.0805. The number of aromatic nitrogens is 1. The summed E-state index contributed by atoms with van der Waals surface area (Å²) in [7, 11) is 0. The van der Waals surface area contributed by atoms with E-state index < -0.39 is 5.97 Å². The summed E-state index contributed by atoms with van der Waals surface area (Å²) in [6.45, 7) is 1.56. The Hall–Kier alpha value is -1.29. The number of aryl methyl sites for hydroxylation is 1. The quantitative estimate of drug-likeness (QED) is 0.649. The number of anilines is 1. The Balaban J connectivity index is 3.33. The van der Waals surface area contributed by atoms with Crippen molar-refractivity contribution in [3.05, 3.63) is 22.5 Å². The number of hydrogen-bond donors (Lipinski definition) is 2. The van der Waals surface area contributed by atoms with E-state index in [4.69, 9.17) is 22.4 Å². The van der Waals surface area contributed by atoms with Gasteiger partial charge in [0.15, 0.2) is 5.15 Å². The van der Waals surface area contributed by atoms with Gasteiger partial charge in [-0.15, -0.1) is 0 Å². The average Bonchev–Trinajstić information content (AvgIpc) is 1.96. The molecular formula is C7H7ClN2O2. The number of nitrogens with two attached hydrogens (primary N) is 1. The second-order valence-electron chi connectivity index (χ2n) is 2.31. The van der Waals surface area contributed by atoms with Gasteiger partial charge in [-0.3, -0.25) is 0 Å². The maximum absolute atomic E-state index is 10.5. The van der Waals surface area contributed by atoms with Crippen LogP contribution in [0.4, 0.5) is 5.69 Å². The van der Waals surface area contributed by atoms with Crippen LogP contribution >= 0.6 is 11.6 Å². The minimum Gasteiger partial charge on any atom is -0.478 e. The van der Waals surface area contributed by atoms with Crippen LogP contribution in [0.1, 0.15) is 16.1 Å². The highest BCUT2D eigenvalue weighted by molar-refractivity contribution is 6.31. The molecule has 0 amide bonds. The van der Waals surface area contributed by atoms with Crippen LogP contribution in [-0.2, 0) is 0 Å². The third kappa shape index (κ3) is 1.48. The Morgan fingerprint density at radius 2 is 2.33 bits per heavy atom. The molecule has 3 N–H and O–H groups in total. The zero-order valence-electron chi connectivity index (χ0n) is 6.34. The van der Waals surface area contributed by atoms with Crippen molar-refractivity contribution in [2.75, 3.05) is 5.73 Å². The largest absolute Gasteiger partial charge is 0.478 e. The van der Waals surface area contributed by atoms with E-state index in [1.807, 2.05) is 0 Å². The maximum atomic E-state index is 10.5. The van der Waals surface area contributed by atoms with Gasteiger partial charge in [-0.2, -0.15) is 0 Å². The number of pyridine rings is 1. The van der Waals surface area contributed by atoms with Crippen LogP contribution in [0.25, 0.3) is 0 Å². The molecule has 0 bridgehead atoms. The topological polar surface area (TPSA) is 76.2 Å². The molecule has 0 aliphatic carbocycles. The summed E-state index contributed by atoms with van der Waals surface area (Å²) in [6.07, 6.45) is 0. The SMILES string of the molecule is Cc1nc(Cl)c(N)cc1C(=O)O. The summed E-state index contributed by atoms with van der Waals surface area (Å²) in [5.41, 5.74) is 5.99. The second kappa shape index (κ2) is 2.98. The lowest BCUT2D eigenvalue weighted by atomic mass is 10.2. The van der Waals surface area contributed by atoms with Gasteiger partial charge in [0.25, 0.3) is 0 Å². The summed E-state index contributed by atoms with van der Waals surface area (Å²) < 4.78 is 0. The zero-order chi connectivity index (χ0) is 9.30. The van der Waals surface area contributed by atoms with Crippen molar-refractivity contribution in [2.24, 2.45) is 0 Å². The molecule has 12 heavy (non-hydrogen) atoms. The van der Waals surface area contributed by atoms with E-state index in [1.165, 1.54) is 6.07 Å². The van der Waals surface area contributed by atoms with Crippen LogP contribution in [0, 0.1) is 6.92 Å². The number of nitrogen functional groups attached to an aromatic ring is 1. The smallest absolute Gasteiger partial charge is 0.337 e. The van der Waals surface area contributed by atoms with E-state index in [0.717, 1.165) is 0 Å². The molecule has 0 unspecified atom stereocenters. The molecule has 0 atom stereocenters. The Labute approximate surface area is 74.0 Å². The van der Waals surface area contributed by atoms with Gasteiger partial charge in [0.05, 0.1) is 16.9 Å². The number of halogens is 1. The summed E-state index contributed by atoms with van der Waals surface area (Å²) in [5, 5.41) is 8.78. The molecule has 0 aliphatic rings. The summed E-state index contributed by atoms with van der Waals surface area (Å²) in [5.74, 6) is -1.05. The molecule has 4 nitrogen and oxygen atoms in total. The van der Waals surface area contributed by atoms with Gasteiger partial charge < -0.3 is 10.8 Å². The predicted molar refractivity (Wildman–Crippen MR) is 45.4 cm³/mol. The fourth-order valence-corrected chi connectivity index (χ4v) is 0.989. The van der Waals surface area contributed by atoms with E-state index in [0.29, 0.717) is 5.69 Å². The van der Waals surface area contributed by atoms with Gasteiger partial charge in [0.1, 0.15) is 0 Å². The molecule has 0 fully saturated rings. The van der Waals surface area contributed by atoms with Crippen LogP contribution < -0.4 is 5.73 Å². The highest BCUT2D eigenvalue weighted by atomic mass is 35.5. The van der Waals surface area contributed by atoms with E-state index in [2.05, 4.69) is 4.98 Å². The summed E-state index contributed by atoms with van der Waals surface area (Å²) in [4.78, 5) is 14.3. The van der Waals surface area contributed by atoms with E-state index in [9.17, 15) is 4.79 Å². The van der Waals surface area contributed by atoms with Crippen molar-refractivity contribution < 1.29 is 9.90 Å². The normalized spacial score (nSPS) is 9.83. The van der Waals surface area contributed by atoms with E-state index in [-0.39, 0.29) is 16.4 Å². The number of carbonyl (C=O) groups is 1. The van der Waals surface area contributed by atoms with Crippen LogP contribution in [0.15, 0.2) is 6.07 Å². The van der Waals surface area contributed by atoms with Gasteiger partial charge in [0.2, 0.25) is 0 Å². The number of hydrogen-bond acceptors (Lipinski definition) is 3. The first-order chi connectivity index (χ1) is 5.52. The fraction of sp³-hybridized carbons (Fsp3) is 0.143. The van der Waals surface area contributed by atoms with Crippen molar-refractivity contribution in [3.63, 3.8) is 0 Å². The molecule has 0 aromatic carbocycles. The highest BCUT2D eigenvalue weighted by Gasteiger charge is 2.10. The first-order valence-corrected chi connectivity index (χ1v) is 3.56. The Morgan fingerprint density at radius 1 is 1.75 bits per heavy atom. The van der Waals surface area contributed by atoms with Crippen molar-refractivity contribution >= 4 is 23.3 Å². The number of nitrogens with zero attached hydrogens (tertiary/aromatic N) is 1. The standard InChI is InChI=1S/C7H7ClN2O2/c1-3-4(7(11)12)2-5(9)6(8)10-3/h2H,9H2,1H3,(H,11,12). The lowest BCUT2D eigenvalue weighted by Gasteiger charge is -2.02. The molecule has 5 heteroatoms. The molecule has 1 aromatic heterocycles. The van der Waals surface area contributed by atoms with Gasteiger partial charge in [-0.1, -0.05) is 11.6 Å². The van der Waals surface area contributed by atoms with Gasteiger partial charge in [-0.05, 0) is 13.0 Å². The Kier molecular flexibility index (Phi) is 2.19. The third-order valence-electron chi connectivity index (χ3n) is 1.42. The van der Waals surface area contributed by atoms with Crippen LogP contribution in [0.3, 0.4) is 0 Å². The van der Waals surface area contributed by atoms with Crippen LogP contribution in [-0.4, -0.2) is 16.1 Å². The van der Waals surface area contributed by atoms with E-state index in [1.54, 1.807) is 6.92 Å². The van der Waals surface area contributed by atoms with Gasteiger partial charge >= 0.3 is 5.97 Å².